The quantitative estimate of drug-likeness (QED) is 0.529. The second-order valence-corrected chi connectivity index (χ2v) is 8.14. The van der Waals surface area contributed by atoms with Gasteiger partial charge >= 0.3 is 7.12 Å². The molecule has 0 radical (unpaired) electrons. The maximum Gasteiger partial charge on any atom is 0.495 e. The zero-order valence-corrected chi connectivity index (χ0v) is 16.3. The molecule has 2 aromatic carbocycles. The summed E-state index contributed by atoms with van der Waals surface area (Å²) < 4.78 is 14.0. The van der Waals surface area contributed by atoms with Gasteiger partial charge in [0.25, 0.3) is 0 Å². The highest BCUT2D eigenvalue weighted by Crippen LogP contribution is 2.36. The van der Waals surface area contributed by atoms with Gasteiger partial charge in [-0.1, -0.05) is 17.7 Å². The van der Waals surface area contributed by atoms with E-state index in [-0.39, 0.29) is 0 Å². The number of carbonyl (C=O) groups is 1. The summed E-state index contributed by atoms with van der Waals surface area (Å²) in [5, 5.41) is 5.56. The standard InChI is InChI=1S/C21H23BN2O3/c1-14-6-9-19-15(10-14)12-23-24(19)17-7-8-18(16(11-17)13-25)22-26-20(2,3)21(4,5)27-22/h6-13H,1-5H3. The van der Waals surface area contributed by atoms with Crippen molar-refractivity contribution >= 4 is 29.8 Å². The Morgan fingerprint density at radius 2 is 1.74 bits per heavy atom. The van der Waals surface area contributed by atoms with E-state index in [2.05, 4.69) is 24.2 Å². The van der Waals surface area contributed by atoms with Crippen molar-refractivity contribution in [1.82, 2.24) is 9.78 Å². The summed E-state index contributed by atoms with van der Waals surface area (Å²) in [7, 11) is -0.568. The molecule has 3 aromatic rings. The molecule has 0 spiro atoms. The summed E-state index contributed by atoms with van der Waals surface area (Å²) in [6.07, 6.45) is 2.69. The van der Waals surface area contributed by atoms with E-state index in [0.717, 1.165) is 28.3 Å². The number of benzene rings is 2. The molecule has 0 N–H and O–H groups in total. The summed E-state index contributed by atoms with van der Waals surface area (Å²) in [6.45, 7) is 10.1. The predicted octanol–water partition coefficient (Wildman–Crippen LogP) is 3.45. The van der Waals surface area contributed by atoms with Gasteiger partial charge in [-0.15, -0.1) is 0 Å². The Morgan fingerprint density at radius 1 is 1.04 bits per heavy atom. The van der Waals surface area contributed by atoms with Crippen molar-refractivity contribution < 1.29 is 14.1 Å². The number of aldehydes is 1. The molecule has 0 amide bonds. The number of rotatable bonds is 3. The van der Waals surface area contributed by atoms with Crippen LogP contribution in [-0.4, -0.2) is 34.4 Å². The van der Waals surface area contributed by atoms with Gasteiger partial charge in [-0.2, -0.15) is 5.10 Å². The minimum Gasteiger partial charge on any atom is -0.399 e. The zero-order valence-electron chi connectivity index (χ0n) is 16.3. The molecule has 1 aliphatic heterocycles. The predicted molar refractivity (Wildman–Crippen MR) is 107 cm³/mol. The Labute approximate surface area is 159 Å². The fraction of sp³-hybridized carbons (Fsp3) is 0.333. The third-order valence-electron chi connectivity index (χ3n) is 5.67. The largest absolute Gasteiger partial charge is 0.495 e. The first-order valence-corrected chi connectivity index (χ1v) is 9.11. The number of hydrogen-bond acceptors (Lipinski definition) is 4. The van der Waals surface area contributed by atoms with E-state index in [0.29, 0.717) is 5.56 Å². The van der Waals surface area contributed by atoms with Crippen molar-refractivity contribution in [1.29, 1.82) is 0 Å². The maximum absolute atomic E-state index is 11.8. The van der Waals surface area contributed by atoms with Gasteiger partial charge in [0.15, 0.2) is 0 Å². The van der Waals surface area contributed by atoms with Crippen molar-refractivity contribution in [2.24, 2.45) is 0 Å². The van der Waals surface area contributed by atoms with Crippen molar-refractivity contribution in [2.75, 3.05) is 0 Å². The highest BCUT2D eigenvalue weighted by Gasteiger charge is 2.52. The van der Waals surface area contributed by atoms with Crippen LogP contribution in [-0.2, 0) is 9.31 Å². The van der Waals surface area contributed by atoms with E-state index in [9.17, 15) is 4.79 Å². The zero-order chi connectivity index (χ0) is 19.4. The molecule has 6 heteroatoms. The van der Waals surface area contributed by atoms with Gasteiger partial charge in [0.2, 0.25) is 0 Å². The van der Waals surface area contributed by atoms with Crippen LogP contribution in [0.25, 0.3) is 16.6 Å². The molecular weight excluding hydrogens is 339 g/mol. The number of aromatic nitrogens is 2. The number of aryl methyl sites for hydroxylation is 1. The van der Waals surface area contributed by atoms with Crippen LogP contribution in [0.5, 0.6) is 0 Å². The Morgan fingerprint density at radius 3 is 2.41 bits per heavy atom. The lowest BCUT2D eigenvalue weighted by atomic mass is 9.76. The summed E-state index contributed by atoms with van der Waals surface area (Å²) in [5.74, 6) is 0. The molecule has 1 aliphatic rings. The number of hydrogen-bond donors (Lipinski definition) is 0. The van der Waals surface area contributed by atoms with E-state index in [1.54, 1.807) is 0 Å². The molecule has 0 unspecified atom stereocenters. The summed E-state index contributed by atoms with van der Waals surface area (Å²) in [6, 6.07) is 11.9. The minimum atomic E-state index is -0.568. The molecule has 1 aromatic heterocycles. The maximum atomic E-state index is 11.8. The Balaban J connectivity index is 1.75. The second kappa shape index (κ2) is 6.04. The third kappa shape index (κ3) is 2.89. The first-order chi connectivity index (χ1) is 12.7. The number of carbonyl (C=O) groups excluding carboxylic acids is 1. The number of fused-ring (bicyclic) bond motifs is 1. The monoisotopic (exact) mass is 362 g/mol. The molecule has 2 heterocycles. The lowest BCUT2D eigenvalue weighted by Crippen LogP contribution is -2.41. The second-order valence-electron chi connectivity index (χ2n) is 8.14. The SMILES string of the molecule is Cc1ccc2c(cnn2-c2ccc(B3OC(C)(C)C(C)(C)O3)c(C=O)c2)c1. The van der Waals surface area contributed by atoms with Crippen LogP contribution in [0, 0.1) is 6.92 Å². The lowest BCUT2D eigenvalue weighted by Gasteiger charge is -2.32. The van der Waals surface area contributed by atoms with Crippen LogP contribution < -0.4 is 5.46 Å². The first kappa shape index (κ1) is 18.0. The molecular formula is C21H23BN2O3. The van der Waals surface area contributed by atoms with Crippen LogP contribution in [0.2, 0.25) is 0 Å². The van der Waals surface area contributed by atoms with Crippen molar-refractivity contribution in [3.63, 3.8) is 0 Å². The third-order valence-corrected chi connectivity index (χ3v) is 5.67. The van der Waals surface area contributed by atoms with Gasteiger partial charge in [0.1, 0.15) is 6.29 Å². The number of nitrogens with zero attached hydrogens (tertiary/aromatic N) is 2. The van der Waals surface area contributed by atoms with E-state index in [4.69, 9.17) is 9.31 Å². The molecule has 0 bridgehead atoms. The van der Waals surface area contributed by atoms with Crippen LogP contribution in [0.4, 0.5) is 0 Å². The molecule has 4 rings (SSSR count). The summed E-state index contributed by atoms with van der Waals surface area (Å²) >= 11 is 0. The molecule has 1 fully saturated rings. The molecule has 0 aliphatic carbocycles. The fourth-order valence-electron chi connectivity index (χ4n) is 3.34. The van der Waals surface area contributed by atoms with Gasteiger partial charge in [0, 0.05) is 10.9 Å². The summed E-state index contributed by atoms with van der Waals surface area (Å²) in [5.41, 5.74) is 3.39. The van der Waals surface area contributed by atoms with Crippen LogP contribution >= 0.6 is 0 Å². The molecule has 1 saturated heterocycles. The van der Waals surface area contributed by atoms with Gasteiger partial charge in [-0.25, -0.2) is 4.68 Å². The minimum absolute atomic E-state index is 0.452. The van der Waals surface area contributed by atoms with E-state index >= 15 is 0 Å². The Hall–Kier alpha value is -2.44. The van der Waals surface area contributed by atoms with Crippen LogP contribution in [0.15, 0.2) is 42.6 Å². The smallest absolute Gasteiger partial charge is 0.399 e. The van der Waals surface area contributed by atoms with Gasteiger partial charge in [0.05, 0.1) is 28.6 Å². The highest BCUT2D eigenvalue weighted by atomic mass is 16.7. The van der Waals surface area contributed by atoms with E-state index < -0.39 is 18.3 Å². The van der Waals surface area contributed by atoms with Crippen LogP contribution in [0.3, 0.4) is 0 Å². The van der Waals surface area contributed by atoms with Gasteiger partial charge < -0.3 is 9.31 Å². The Kier molecular flexibility index (Phi) is 4.02. The first-order valence-electron chi connectivity index (χ1n) is 9.11. The topological polar surface area (TPSA) is 53.4 Å². The summed E-state index contributed by atoms with van der Waals surface area (Å²) in [4.78, 5) is 11.8. The normalized spacial score (nSPS) is 18.2. The van der Waals surface area contributed by atoms with E-state index in [1.807, 2.05) is 62.8 Å². The molecule has 27 heavy (non-hydrogen) atoms. The molecule has 138 valence electrons. The van der Waals surface area contributed by atoms with Crippen molar-refractivity contribution in [2.45, 2.75) is 45.8 Å². The van der Waals surface area contributed by atoms with Gasteiger partial charge in [-0.3, -0.25) is 4.79 Å². The fourth-order valence-corrected chi connectivity index (χ4v) is 3.34. The van der Waals surface area contributed by atoms with E-state index in [1.165, 1.54) is 5.56 Å². The molecule has 0 saturated carbocycles. The van der Waals surface area contributed by atoms with Crippen molar-refractivity contribution in [3.05, 3.63) is 53.7 Å². The molecule has 0 atom stereocenters. The van der Waals surface area contributed by atoms with Crippen molar-refractivity contribution in [3.8, 4) is 5.69 Å². The average molecular weight is 362 g/mol. The lowest BCUT2D eigenvalue weighted by molar-refractivity contribution is 0.00578. The highest BCUT2D eigenvalue weighted by molar-refractivity contribution is 6.63. The molecule has 5 nitrogen and oxygen atoms in total. The average Bonchev–Trinajstić information content (AvgIpc) is 3.11. The van der Waals surface area contributed by atoms with Gasteiger partial charge in [-0.05, 0) is 64.3 Å². The van der Waals surface area contributed by atoms with Crippen LogP contribution in [0.1, 0.15) is 43.6 Å². The Bertz CT molecular complexity index is 1020.